The number of nitrogens with two attached hydrogens (primary N) is 1. The third-order valence-corrected chi connectivity index (χ3v) is 11.5. The molecular formula is C54H38N4. The Kier molecular flexibility index (Phi) is 8.00. The van der Waals surface area contributed by atoms with E-state index in [0.29, 0.717) is 12.2 Å². The van der Waals surface area contributed by atoms with Crippen LogP contribution >= 0.6 is 0 Å². The van der Waals surface area contributed by atoms with Crippen molar-refractivity contribution in [1.29, 1.82) is 0 Å². The average Bonchev–Trinajstić information content (AvgIpc) is 3.82. The van der Waals surface area contributed by atoms with E-state index in [2.05, 4.69) is 161 Å². The molecule has 4 heteroatoms. The monoisotopic (exact) mass is 742 g/mol. The first-order chi connectivity index (χ1) is 28.7. The van der Waals surface area contributed by atoms with Crippen LogP contribution in [0.3, 0.4) is 0 Å². The summed E-state index contributed by atoms with van der Waals surface area (Å²) in [6.45, 7) is 0.503. The molecule has 0 saturated heterocycles. The lowest BCUT2D eigenvalue weighted by Crippen LogP contribution is -2.04. The van der Waals surface area contributed by atoms with E-state index in [0.717, 1.165) is 33.8 Å². The van der Waals surface area contributed by atoms with E-state index in [9.17, 15) is 0 Å². The van der Waals surface area contributed by atoms with Crippen molar-refractivity contribution in [3.63, 3.8) is 0 Å². The van der Waals surface area contributed by atoms with Gasteiger partial charge in [-0.25, -0.2) is 0 Å². The Bertz CT molecular complexity index is 3410. The van der Waals surface area contributed by atoms with Gasteiger partial charge in [-0.15, -0.1) is 0 Å². The predicted molar refractivity (Wildman–Crippen MR) is 245 cm³/mol. The van der Waals surface area contributed by atoms with Gasteiger partial charge in [0.05, 0.1) is 34.3 Å². The predicted octanol–water partition coefficient (Wildman–Crippen LogP) is 13.2. The second-order valence-corrected chi connectivity index (χ2v) is 14.9. The molecule has 0 atom stereocenters. The van der Waals surface area contributed by atoms with Crippen LogP contribution in [0.4, 0.5) is 0 Å². The summed E-state index contributed by atoms with van der Waals surface area (Å²) < 4.78 is 4.85. The Morgan fingerprint density at radius 3 is 1.81 bits per heavy atom. The van der Waals surface area contributed by atoms with E-state index < -0.39 is 0 Å². The summed E-state index contributed by atoms with van der Waals surface area (Å²) in [4.78, 5) is 5.19. The average molecular weight is 743 g/mol. The number of nitrogens with zero attached hydrogens (tertiary/aromatic N) is 3. The van der Waals surface area contributed by atoms with Crippen molar-refractivity contribution in [3.05, 3.63) is 223 Å². The molecule has 0 fully saturated rings. The van der Waals surface area contributed by atoms with Crippen molar-refractivity contribution in [2.75, 3.05) is 0 Å². The highest BCUT2D eigenvalue weighted by Gasteiger charge is 2.20. The first-order valence-electron chi connectivity index (χ1n) is 19.8. The van der Waals surface area contributed by atoms with E-state index in [1.807, 2.05) is 54.6 Å². The maximum atomic E-state index is 6.64. The summed E-state index contributed by atoms with van der Waals surface area (Å²) in [5.41, 5.74) is 18.3. The lowest BCUT2D eigenvalue weighted by Gasteiger charge is -2.13. The lowest BCUT2D eigenvalue weighted by molar-refractivity contribution is 1.06. The molecule has 2 heterocycles. The molecule has 274 valence electrons. The first kappa shape index (κ1) is 33.6. The molecule has 0 spiro atoms. The van der Waals surface area contributed by atoms with Gasteiger partial charge < -0.3 is 14.9 Å². The van der Waals surface area contributed by atoms with Crippen LogP contribution in [-0.2, 0) is 6.54 Å². The molecule has 2 N–H and O–H groups in total. The molecule has 2 aromatic heterocycles. The number of hydrogen-bond acceptors (Lipinski definition) is 2. The minimum atomic E-state index is 0.503. The molecule has 0 amide bonds. The smallest absolute Gasteiger partial charge is 0.0671 e. The van der Waals surface area contributed by atoms with Gasteiger partial charge in [0, 0.05) is 44.0 Å². The van der Waals surface area contributed by atoms with Crippen molar-refractivity contribution < 1.29 is 0 Å². The molecule has 9 aromatic carbocycles. The van der Waals surface area contributed by atoms with E-state index in [1.54, 1.807) is 0 Å². The Morgan fingerprint density at radius 2 is 1.03 bits per heavy atom. The molecule has 0 unspecified atom stereocenters. The van der Waals surface area contributed by atoms with E-state index in [-0.39, 0.29) is 0 Å². The number of benzene rings is 9. The van der Waals surface area contributed by atoms with E-state index in [4.69, 9.17) is 10.7 Å². The van der Waals surface area contributed by atoms with Gasteiger partial charge in [-0.05, 0) is 81.4 Å². The normalized spacial score (nSPS) is 12.5. The van der Waals surface area contributed by atoms with Gasteiger partial charge in [-0.1, -0.05) is 158 Å². The molecule has 0 radical (unpaired) electrons. The highest BCUT2D eigenvalue weighted by molar-refractivity contribution is 6.31. The summed E-state index contributed by atoms with van der Waals surface area (Å²) in [6, 6.07) is 71.3. The molecule has 0 aliphatic rings. The van der Waals surface area contributed by atoms with Crippen molar-refractivity contribution in [3.8, 4) is 11.4 Å². The molecule has 4 nitrogen and oxygen atoms in total. The van der Waals surface area contributed by atoms with Crippen LogP contribution in [0.2, 0.25) is 0 Å². The third kappa shape index (κ3) is 5.49. The highest BCUT2D eigenvalue weighted by Crippen LogP contribution is 2.43. The van der Waals surface area contributed by atoms with Crippen molar-refractivity contribution in [1.82, 2.24) is 9.13 Å². The molecule has 11 aromatic rings. The quantitative estimate of drug-likeness (QED) is 0.128. The van der Waals surface area contributed by atoms with Crippen LogP contribution in [0, 0.1) is 0 Å². The van der Waals surface area contributed by atoms with Crippen LogP contribution in [0.15, 0.2) is 211 Å². The van der Waals surface area contributed by atoms with Crippen molar-refractivity contribution in [2.24, 2.45) is 10.7 Å². The van der Waals surface area contributed by atoms with E-state index in [1.165, 1.54) is 65.2 Å². The fourth-order valence-corrected chi connectivity index (χ4v) is 8.93. The minimum Gasteiger partial charge on any atom is -0.398 e. The number of hydrogen-bond donors (Lipinski definition) is 1. The molecule has 0 saturated carbocycles. The zero-order valence-electron chi connectivity index (χ0n) is 31.8. The molecule has 11 rings (SSSR count). The summed E-state index contributed by atoms with van der Waals surface area (Å²) in [5, 5.41) is 9.97. The van der Waals surface area contributed by atoms with Crippen LogP contribution in [0.1, 0.15) is 16.7 Å². The third-order valence-electron chi connectivity index (χ3n) is 11.5. The van der Waals surface area contributed by atoms with Gasteiger partial charge in [-0.2, -0.15) is 0 Å². The van der Waals surface area contributed by atoms with Crippen LogP contribution in [-0.4, -0.2) is 14.8 Å². The topological polar surface area (TPSA) is 48.2 Å². The molecule has 0 aliphatic carbocycles. The maximum Gasteiger partial charge on any atom is 0.0671 e. The second-order valence-electron chi connectivity index (χ2n) is 14.9. The second kappa shape index (κ2) is 13.8. The summed E-state index contributed by atoms with van der Waals surface area (Å²) in [6.07, 6.45) is 1.99. The number of rotatable bonds is 7. The van der Waals surface area contributed by atoms with Gasteiger partial charge >= 0.3 is 0 Å². The minimum absolute atomic E-state index is 0.503. The number of fused-ring (bicyclic) bond motifs is 11. The summed E-state index contributed by atoms with van der Waals surface area (Å²) in [5.74, 6) is 0. The van der Waals surface area contributed by atoms with Gasteiger partial charge in [0.25, 0.3) is 0 Å². The standard InChI is InChI=1S/C54H38N4/c55-47(37-16-4-1-5-17-37)34-48(38-18-6-2-7-19-38)56-35-36-15-14-22-41(33-36)58-49-25-12-10-23-42(49)44-31-30-43-45(54(44)58)29-27-39-28-32-51-53(52(39)43)46-24-11-13-26-50(46)57(51)40-20-8-3-9-21-40/h1-34H,35,55H2/b47-34-,56-48?. The SMILES string of the molecule is N/C(=C\C(=NCc1cccc(-n2c3ccccc3c3ccc4c(ccc5ccc6c(c7ccccc7n6-c6ccccc6)c54)c32)c1)c1ccccc1)c1ccccc1. The van der Waals surface area contributed by atoms with Gasteiger partial charge in [-0.3, -0.25) is 4.99 Å². The van der Waals surface area contributed by atoms with Gasteiger partial charge in [0.1, 0.15) is 0 Å². The Balaban J connectivity index is 1.11. The Labute approximate surface area is 336 Å². The fraction of sp³-hybridized carbons (Fsp3) is 0.0185. The van der Waals surface area contributed by atoms with Crippen LogP contribution in [0.25, 0.3) is 82.2 Å². The molecule has 0 aliphatic heterocycles. The van der Waals surface area contributed by atoms with Crippen LogP contribution < -0.4 is 5.73 Å². The Hall–Kier alpha value is -7.69. The van der Waals surface area contributed by atoms with Crippen molar-refractivity contribution >= 4 is 76.6 Å². The Morgan fingerprint density at radius 1 is 0.448 bits per heavy atom. The summed E-state index contributed by atoms with van der Waals surface area (Å²) in [7, 11) is 0. The maximum absolute atomic E-state index is 6.64. The largest absolute Gasteiger partial charge is 0.398 e. The lowest BCUT2D eigenvalue weighted by atomic mass is 9.96. The van der Waals surface area contributed by atoms with Gasteiger partial charge in [0.15, 0.2) is 0 Å². The zero-order chi connectivity index (χ0) is 38.6. The van der Waals surface area contributed by atoms with Crippen LogP contribution in [0.5, 0.6) is 0 Å². The van der Waals surface area contributed by atoms with E-state index >= 15 is 0 Å². The van der Waals surface area contributed by atoms with Gasteiger partial charge in [0.2, 0.25) is 0 Å². The zero-order valence-corrected chi connectivity index (χ0v) is 31.8. The van der Waals surface area contributed by atoms with Crippen molar-refractivity contribution in [2.45, 2.75) is 6.54 Å². The molecule has 58 heavy (non-hydrogen) atoms. The first-order valence-corrected chi connectivity index (χ1v) is 19.8. The number of allylic oxidation sites excluding steroid dienone is 1. The molecule has 0 bridgehead atoms. The highest BCUT2D eigenvalue weighted by atomic mass is 15.0. The summed E-state index contributed by atoms with van der Waals surface area (Å²) >= 11 is 0. The number of aromatic nitrogens is 2. The molecular weight excluding hydrogens is 705 g/mol. The number of para-hydroxylation sites is 3. The number of aliphatic imine (C=N–C) groups is 1. The fourth-order valence-electron chi connectivity index (χ4n) is 8.93.